The summed E-state index contributed by atoms with van der Waals surface area (Å²) in [4.78, 5) is 78.9. The van der Waals surface area contributed by atoms with Crippen molar-refractivity contribution in [1.29, 1.82) is 0 Å². The molecule has 12 aliphatic carbocycles. The van der Waals surface area contributed by atoms with Crippen LogP contribution in [0.3, 0.4) is 0 Å². The van der Waals surface area contributed by atoms with E-state index in [1.165, 1.54) is 128 Å². The van der Waals surface area contributed by atoms with E-state index < -0.39 is 23.3 Å². The van der Waals surface area contributed by atoms with Crippen molar-refractivity contribution >= 4 is 114 Å². The number of anilines is 4. The molecule has 0 spiro atoms. The van der Waals surface area contributed by atoms with Gasteiger partial charge in [-0.15, -0.1) is 0 Å². The Kier molecular flexibility index (Phi) is 21.7. The van der Waals surface area contributed by atoms with Crippen molar-refractivity contribution in [2.24, 2.45) is 71.0 Å². The number of aromatic nitrogens is 16. The highest BCUT2D eigenvalue weighted by molar-refractivity contribution is 6.30. The number of rotatable bonds is 12. The number of fused-ring (bicyclic) bond motifs is 16. The Hall–Kier alpha value is -11.5. The first-order valence-electron chi connectivity index (χ1n) is 41.0. The molecule has 8 bridgehead atoms. The highest BCUT2D eigenvalue weighted by Gasteiger charge is 2.46. The smallest absolute Gasteiger partial charge is 0.218 e. The maximum atomic E-state index is 15.2. The van der Waals surface area contributed by atoms with E-state index in [0.717, 1.165) is 21.9 Å². The van der Waals surface area contributed by atoms with Crippen LogP contribution in [0.15, 0.2) is 62.2 Å². The molecule has 8 atom stereocenters. The highest BCUT2D eigenvalue weighted by atomic mass is 35.5. The van der Waals surface area contributed by atoms with E-state index in [0.29, 0.717) is 150 Å². The van der Waals surface area contributed by atoms with Gasteiger partial charge in [0.2, 0.25) is 22.7 Å². The molecule has 12 aromatic heterocycles. The van der Waals surface area contributed by atoms with Gasteiger partial charge in [0.1, 0.15) is 45.3 Å². The van der Waals surface area contributed by atoms with E-state index in [1.807, 2.05) is 0 Å². The molecule has 12 saturated carbocycles. The molecule has 12 aromatic rings. The Morgan fingerprint density at radius 3 is 0.847 bits per heavy atom. The molecule has 12 fully saturated rings. The minimum Gasteiger partial charge on any atom is -0.364 e. The molecule has 0 saturated heterocycles. The van der Waals surface area contributed by atoms with Crippen LogP contribution in [-0.4, -0.2) is 104 Å². The summed E-state index contributed by atoms with van der Waals surface area (Å²) in [6.45, 7) is 46.1. The lowest BCUT2D eigenvalue weighted by molar-refractivity contribution is 0.0926. The molecule has 24 nitrogen and oxygen atoms in total. The number of halogens is 6. The van der Waals surface area contributed by atoms with Crippen LogP contribution < -0.4 is 21.3 Å². The summed E-state index contributed by atoms with van der Waals surface area (Å²) in [6.07, 6.45) is 35.8. The second-order valence-electron chi connectivity index (χ2n) is 33.8. The fourth-order valence-corrected chi connectivity index (χ4v) is 21.5. The average Bonchev–Trinajstić information content (AvgIpc) is 1.42. The Balaban J connectivity index is 0.000000113. The van der Waals surface area contributed by atoms with E-state index in [-0.39, 0.29) is 91.6 Å². The second-order valence-corrected chi connectivity index (χ2v) is 34.6. The molecule has 24 rings (SSSR count). The zero-order valence-corrected chi connectivity index (χ0v) is 68.3. The molecular weight excluding hydrogens is 1540 g/mol. The van der Waals surface area contributed by atoms with E-state index in [9.17, 15) is 0 Å². The topological polar surface area (TPSA) is 283 Å². The monoisotopic (exact) mass is 1630 g/mol. The van der Waals surface area contributed by atoms with E-state index >= 15 is 17.6 Å². The van der Waals surface area contributed by atoms with Gasteiger partial charge in [-0.05, 0) is 224 Å². The summed E-state index contributed by atoms with van der Waals surface area (Å²) in [5.74, 6) is 6.06. The first-order valence-corrected chi connectivity index (χ1v) is 41.8. The third-order valence-corrected chi connectivity index (χ3v) is 28.4. The normalized spacial score (nSPS) is 25.6. The number of nitrogens with one attached hydrogen (secondary N) is 8. The number of nitrogens with zero attached hydrogens (tertiary/aromatic N) is 16. The van der Waals surface area contributed by atoms with Gasteiger partial charge >= 0.3 is 0 Å². The van der Waals surface area contributed by atoms with Crippen molar-refractivity contribution in [3.63, 3.8) is 0 Å². The van der Waals surface area contributed by atoms with E-state index in [4.69, 9.17) is 49.5 Å². The number of pyridine rings is 4. The SMILES string of the molecule is [C-]#[N+]c1c(-c2c[nH]c3ncc(Cl)nc23)nc(N[C@@H]2C3CCC(CC3)[C@H]2C)c(F)c1C.[C-]#[N+]c1c(-c2c[nH]c3ncc(Cl)nc23)nc(N[C@H]2C3CCC(CC3)[C@@H]2C)c(F)c1C.[C-]#[N+]c1c(-c2c[nH]c3ncncc23)nc(N[C@@H]2C3CCC(CC3)[C@H]2C)c(F)c1C.[C-]#[N+]c1c(-c2c[nH]c3ncncc23)nc(N[C@H]2C3CCC(CC3)[C@@H]2C)c(F)c1C. The Morgan fingerprint density at radius 2 is 0.585 bits per heavy atom. The van der Waals surface area contributed by atoms with Crippen LogP contribution in [0.2, 0.25) is 10.3 Å². The van der Waals surface area contributed by atoms with Gasteiger partial charge in [0, 0.05) is 94.4 Å². The van der Waals surface area contributed by atoms with Crippen LogP contribution in [-0.2, 0) is 0 Å². The molecule has 0 radical (unpaired) electrons. The molecule has 0 aromatic carbocycles. The van der Waals surface area contributed by atoms with Crippen LogP contribution in [0.4, 0.5) is 63.6 Å². The molecule has 0 amide bonds. The molecule has 0 aliphatic heterocycles. The van der Waals surface area contributed by atoms with Crippen LogP contribution >= 0.6 is 23.2 Å². The molecule has 12 heterocycles. The van der Waals surface area contributed by atoms with Crippen molar-refractivity contribution in [3.8, 4) is 45.0 Å². The maximum absolute atomic E-state index is 15.2. The number of hydrogen-bond acceptors (Lipinski definition) is 16. The largest absolute Gasteiger partial charge is 0.364 e. The Morgan fingerprint density at radius 1 is 0.339 bits per heavy atom. The molecule has 30 heteroatoms. The molecule has 12 aliphatic rings. The maximum Gasteiger partial charge on any atom is 0.218 e. The minimum absolute atomic E-state index is 0.180. The molecule has 0 unspecified atom stereocenters. The summed E-state index contributed by atoms with van der Waals surface area (Å²) in [6, 6.07) is 0.842. The van der Waals surface area contributed by atoms with Crippen molar-refractivity contribution in [2.45, 2.75) is 182 Å². The fraction of sp³-hybridized carbons (Fsp3) is 0.455. The van der Waals surface area contributed by atoms with Crippen molar-refractivity contribution in [3.05, 3.63) is 164 Å². The van der Waals surface area contributed by atoms with Crippen LogP contribution in [0.1, 0.15) is 153 Å². The lowest BCUT2D eigenvalue weighted by Crippen LogP contribution is -2.47. The number of H-pyrrole nitrogens is 4. The van der Waals surface area contributed by atoms with E-state index in [1.54, 1.807) is 64.9 Å². The lowest BCUT2D eigenvalue weighted by atomic mass is 9.62. The number of hydrogen-bond donors (Lipinski definition) is 8. The Labute approximate surface area is 690 Å². The standard InChI is InChI=1S/2C22H22ClFN6.2C22H23FN6/c2*1-10-12-4-6-13(7-5-12)17(10)29-21-16(24)11(2)18(25-3)19(30-21)14-8-26-22-20(14)28-15(23)9-27-22;2*1-11-13-4-6-14(7-5-13)18(11)28-22-17(23)12(2)19(24-3)20(29-22)15-9-26-21-16(15)8-25-10-27-21/h2*8-10,12-13,17H,4-7H2,1-2H3,(H,26,27)(H,29,30);2*8-11,13-14,18H,4-7H2,1-2H3,(H,28,29)(H,25,26,27)/t2*10-,12?,13?,17+;2*11-,13?,14?,18+/m1010/s1. The minimum atomic E-state index is -0.456. The lowest BCUT2D eigenvalue weighted by Gasteiger charge is -2.47. The van der Waals surface area contributed by atoms with Crippen molar-refractivity contribution in [2.75, 3.05) is 21.3 Å². The predicted molar refractivity (Wildman–Crippen MR) is 450 cm³/mol. The molecule has 604 valence electrons. The summed E-state index contributed by atoms with van der Waals surface area (Å²) in [5.41, 5.74) is 9.85. The van der Waals surface area contributed by atoms with Gasteiger partial charge in [0.15, 0.2) is 57.8 Å². The zero-order valence-electron chi connectivity index (χ0n) is 66.7. The van der Waals surface area contributed by atoms with Crippen molar-refractivity contribution in [1.82, 2.24) is 79.7 Å². The van der Waals surface area contributed by atoms with E-state index in [2.05, 4.69) is 148 Å². The molecule has 8 N–H and O–H groups in total. The van der Waals surface area contributed by atoms with Gasteiger partial charge < -0.3 is 41.2 Å². The van der Waals surface area contributed by atoms with Crippen LogP contribution in [0, 0.1) is 148 Å². The van der Waals surface area contributed by atoms with Gasteiger partial charge in [-0.2, -0.15) is 0 Å². The predicted octanol–water partition coefficient (Wildman–Crippen LogP) is 22.3. The van der Waals surface area contributed by atoms with Crippen molar-refractivity contribution < 1.29 is 17.6 Å². The van der Waals surface area contributed by atoms with Gasteiger partial charge in [-0.3, -0.25) is 0 Å². The molecule has 118 heavy (non-hydrogen) atoms. The first kappa shape index (κ1) is 79.0. The van der Waals surface area contributed by atoms with Gasteiger partial charge in [-0.1, -0.05) is 50.9 Å². The summed E-state index contributed by atoms with van der Waals surface area (Å²) < 4.78 is 60.9. The fourth-order valence-electron chi connectivity index (χ4n) is 21.2. The second kappa shape index (κ2) is 32.4. The third kappa shape index (κ3) is 14.2. The highest BCUT2D eigenvalue weighted by Crippen LogP contribution is 2.53. The van der Waals surface area contributed by atoms with Gasteiger partial charge in [0.05, 0.1) is 61.5 Å². The van der Waals surface area contributed by atoms with Crippen LogP contribution in [0.25, 0.3) is 109 Å². The third-order valence-electron chi connectivity index (χ3n) is 28.0. The number of aromatic amines is 4. The van der Waals surface area contributed by atoms with Crippen LogP contribution in [0.5, 0.6) is 0 Å². The first-order chi connectivity index (χ1) is 57.1. The Bertz CT molecular complexity index is 5680. The average molecular weight is 1630 g/mol. The summed E-state index contributed by atoms with van der Waals surface area (Å²) in [5, 5.41) is 15.8. The van der Waals surface area contributed by atoms with Gasteiger partial charge in [0.25, 0.3) is 0 Å². The summed E-state index contributed by atoms with van der Waals surface area (Å²) >= 11 is 12.1. The quantitative estimate of drug-likeness (QED) is 0.0417. The zero-order chi connectivity index (χ0) is 82.2. The van der Waals surface area contributed by atoms with Gasteiger partial charge in [-0.25, -0.2) is 96.7 Å². The molecular formula is C88H90Cl2F4N24. The summed E-state index contributed by atoms with van der Waals surface area (Å²) in [7, 11) is 0.